The van der Waals surface area contributed by atoms with E-state index in [0.717, 1.165) is 17.0 Å². The second kappa shape index (κ2) is 10.8. The highest BCUT2D eigenvalue weighted by atomic mass is 16.5. The first-order valence-electron chi connectivity index (χ1n) is 11.4. The van der Waals surface area contributed by atoms with Crippen LogP contribution in [0.3, 0.4) is 0 Å². The number of aromatic amines is 1. The highest BCUT2D eigenvalue weighted by Gasteiger charge is 2.47. The fourth-order valence-corrected chi connectivity index (χ4v) is 3.96. The SMILES string of the molecule is COc1ccc(CNc2ncnc(C)c2/N=C\[C@H](C)[C@@H](C)C2OC(c3nnn[nH]3)C(O)C2O)cc1. The van der Waals surface area contributed by atoms with Crippen molar-refractivity contribution >= 4 is 17.7 Å². The van der Waals surface area contributed by atoms with Crippen LogP contribution in [0, 0.1) is 18.8 Å². The number of aliphatic hydroxyl groups is 2. The molecule has 0 radical (unpaired) electrons. The molecule has 1 aliphatic heterocycles. The molecule has 2 aromatic heterocycles. The first-order chi connectivity index (χ1) is 16.9. The third-order valence-corrected chi connectivity index (χ3v) is 6.34. The summed E-state index contributed by atoms with van der Waals surface area (Å²) in [6.07, 6.45) is -0.378. The van der Waals surface area contributed by atoms with Crippen LogP contribution >= 0.6 is 0 Å². The molecule has 0 bridgehead atoms. The number of hydrogen-bond acceptors (Lipinski definition) is 11. The number of nitrogens with one attached hydrogen (secondary N) is 2. The number of methoxy groups -OCH3 is 1. The zero-order valence-electron chi connectivity index (χ0n) is 20.0. The molecule has 3 heterocycles. The standard InChI is InChI=1S/C23H30N8O4/c1-12(13(2)20-18(32)19(33)21(35-20)23-28-30-31-29-23)9-24-17-14(3)26-11-27-22(17)25-10-15-5-7-16(34-4)8-6-15/h5-9,11-13,18-21,32-33H,10H2,1-4H3,(H,25,26,27)(H,28,29,30,31)/b24-9-/t12-,13+,18?,19?,20?,21?/m0/s1. The van der Waals surface area contributed by atoms with Crippen molar-refractivity contribution in [2.24, 2.45) is 16.8 Å². The maximum Gasteiger partial charge on any atom is 0.180 e. The quantitative estimate of drug-likeness (QED) is 0.330. The van der Waals surface area contributed by atoms with Gasteiger partial charge in [-0.05, 0) is 46.9 Å². The summed E-state index contributed by atoms with van der Waals surface area (Å²) in [5, 5.41) is 37.8. The van der Waals surface area contributed by atoms with Crippen molar-refractivity contribution in [3.05, 3.63) is 47.7 Å². The first-order valence-corrected chi connectivity index (χ1v) is 11.4. The highest BCUT2D eigenvalue weighted by Crippen LogP contribution is 2.37. The van der Waals surface area contributed by atoms with Crippen molar-refractivity contribution in [1.82, 2.24) is 30.6 Å². The minimum atomic E-state index is -1.14. The van der Waals surface area contributed by atoms with Gasteiger partial charge >= 0.3 is 0 Å². The van der Waals surface area contributed by atoms with Crippen LogP contribution in [-0.4, -0.2) is 72.4 Å². The maximum absolute atomic E-state index is 10.6. The first kappa shape index (κ1) is 24.6. The van der Waals surface area contributed by atoms with E-state index < -0.39 is 24.4 Å². The van der Waals surface area contributed by atoms with E-state index in [2.05, 4.69) is 40.9 Å². The van der Waals surface area contributed by atoms with E-state index in [1.165, 1.54) is 6.33 Å². The van der Waals surface area contributed by atoms with Gasteiger partial charge < -0.3 is 25.0 Å². The van der Waals surface area contributed by atoms with E-state index in [0.29, 0.717) is 18.1 Å². The van der Waals surface area contributed by atoms with E-state index in [-0.39, 0.29) is 17.7 Å². The van der Waals surface area contributed by atoms with Crippen LogP contribution < -0.4 is 10.1 Å². The number of tetrazole rings is 1. The number of aromatic nitrogens is 6. The van der Waals surface area contributed by atoms with Gasteiger partial charge in [0.15, 0.2) is 11.6 Å². The number of rotatable bonds is 9. The molecule has 4 unspecified atom stereocenters. The Balaban J connectivity index is 1.44. The smallest absolute Gasteiger partial charge is 0.180 e. The van der Waals surface area contributed by atoms with Gasteiger partial charge in [0.2, 0.25) is 0 Å². The van der Waals surface area contributed by atoms with Crippen LogP contribution in [0.5, 0.6) is 5.75 Å². The van der Waals surface area contributed by atoms with Gasteiger partial charge in [-0.15, -0.1) is 5.10 Å². The number of ether oxygens (including phenoxy) is 2. The molecule has 6 atom stereocenters. The number of anilines is 1. The second-order valence-corrected chi connectivity index (χ2v) is 8.64. The number of nitrogens with zero attached hydrogens (tertiary/aromatic N) is 6. The topological polar surface area (TPSA) is 164 Å². The van der Waals surface area contributed by atoms with Gasteiger partial charge in [0.25, 0.3) is 0 Å². The van der Waals surface area contributed by atoms with Crippen molar-refractivity contribution in [3.8, 4) is 5.75 Å². The Labute approximate surface area is 202 Å². The minimum absolute atomic E-state index is 0.0949. The Morgan fingerprint density at radius 1 is 1.20 bits per heavy atom. The van der Waals surface area contributed by atoms with Crippen LogP contribution in [0.2, 0.25) is 0 Å². The number of hydrogen-bond donors (Lipinski definition) is 4. The summed E-state index contributed by atoms with van der Waals surface area (Å²) < 4.78 is 11.1. The van der Waals surface area contributed by atoms with Crippen molar-refractivity contribution in [1.29, 1.82) is 0 Å². The molecule has 4 N–H and O–H groups in total. The Hall–Kier alpha value is -3.48. The van der Waals surface area contributed by atoms with Crippen LogP contribution in [-0.2, 0) is 11.3 Å². The summed E-state index contributed by atoms with van der Waals surface area (Å²) in [4.78, 5) is 13.3. The molecule has 35 heavy (non-hydrogen) atoms. The molecule has 3 aromatic rings. The van der Waals surface area contributed by atoms with Gasteiger partial charge in [-0.25, -0.2) is 15.1 Å². The monoisotopic (exact) mass is 482 g/mol. The van der Waals surface area contributed by atoms with E-state index >= 15 is 0 Å². The maximum atomic E-state index is 10.6. The van der Waals surface area contributed by atoms with Gasteiger partial charge in [-0.3, -0.25) is 4.99 Å². The number of aryl methyl sites for hydroxylation is 1. The summed E-state index contributed by atoms with van der Waals surface area (Å²) in [5.41, 5.74) is 2.44. The van der Waals surface area contributed by atoms with Crippen LogP contribution in [0.1, 0.15) is 37.0 Å². The zero-order valence-corrected chi connectivity index (χ0v) is 20.0. The summed E-state index contributed by atoms with van der Waals surface area (Å²) in [6.45, 7) is 6.35. The molecule has 1 aromatic carbocycles. The van der Waals surface area contributed by atoms with Crippen molar-refractivity contribution < 1.29 is 19.7 Å². The lowest BCUT2D eigenvalue weighted by atomic mass is 9.88. The van der Waals surface area contributed by atoms with Gasteiger partial charge in [0, 0.05) is 12.8 Å². The molecule has 1 saturated heterocycles. The zero-order chi connectivity index (χ0) is 24.9. The Morgan fingerprint density at radius 3 is 2.66 bits per heavy atom. The summed E-state index contributed by atoms with van der Waals surface area (Å²) >= 11 is 0. The number of benzene rings is 1. The molecule has 1 aliphatic rings. The third-order valence-electron chi connectivity index (χ3n) is 6.34. The molecule has 12 nitrogen and oxygen atoms in total. The predicted molar refractivity (Wildman–Crippen MR) is 127 cm³/mol. The summed E-state index contributed by atoms with van der Waals surface area (Å²) in [7, 11) is 1.64. The van der Waals surface area contributed by atoms with Crippen molar-refractivity contribution in [2.45, 2.75) is 51.7 Å². The Bertz CT molecular complexity index is 1130. The van der Waals surface area contributed by atoms with E-state index in [9.17, 15) is 10.2 Å². The van der Waals surface area contributed by atoms with Gasteiger partial charge in [-0.2, -0.15) is 0 Å². The number of aliphatic hydroxyl groups excluding tert-OH is 2. The van der Waals surface area contributed by atoms with Crippen LogP contribution in [0.25, 0.3) is 0 Å². The second-order valence-electron chi connectivity index (χ2n) is 8.64. The lowest BCUT2D eigenvalue weighted by Crippen LogP contribution is -2.37. The lowest BCUT2D eigenvalue weighted by Gasteiger charge is -2.25. The molecule has 1 fully saturated rings. The van der Waals surface area contributed by atoms with E-state index in [1.807, 2.05) is 45.0 Å². The fourth-order valence-electron chi connectivity index (χ4n) is 3.96. The molecule has 0 spiro atoms. The fraction of sp³-hybridized carbons (Fsp3) is 0.478. The number of aliphatic imine (C=N–C) groups is 1. The molecule has 12 heteroatoms. The molecule has 4 rings (SSSR count). The van der Waals surface area contributed by atoms with Gasteiger partial charge in [0.05, 0.1) is 18.9 Å². The van der Waals surface area contributed by atoms with Gasteiger partial charge in [-0.1, -0.05) is 26.0 Å². The van der Waals surface area contributed by atoms with Gasteiger partial charge in [0.1, 0.15) is 36.1 Å². The minimum Gasteiger partial charge on any atom is -0.497 e. The van der Waals surface area contributed by atoms with Crippen molar-refractivity contribution in [3.63, 3.8) is 0 Å². The van der Waals surface area contributed by atoms with Crippen LogP contribution in [0.4, 0.5) is 11.5 Å². The Kier molecular flexibility index (Phi) is 7.63. The predicted octanol–water partition coefficient (Wildman–Crippen LogP) is 1.76. The number of H-pyrrole nitrogens is 1. The average molecular weight is 483 g/mol. The average Bonchev–Trinajstić information content (AvgIpc) is 3.50. The summed E-state index contributed by atoms with van der Waals surface area (Å²) in [6, 6.07) is 7.78. The van der Waals surface area contributed by atoms with E-state index in [4.69, 9.17) is 9.47 Å². The van der Waals surface area contributed by atoms with Crippen LogP contribution in [0.15, 0.2) is 35.6 Å². The largest absolute Gasteiger partial charge is 0.497 e. The third kappa shape index (κ3) is 5.45. The lowest BCUT2D eigenvalue weighted by molar-refractivity contribution is -0.0309. The molecular formula is C23H30N8O4. The molecule has 0 aliphatic carbocycles. The Morgan fingerprint density at radius 2 is 1.97 bits per heavy atom. The van der Waals surface area contributed by atoms with E-state index in [1.54, 1.807) is 13.3 Å². The normalized spacial score (nSPS) is 23.9. The van der Waals surface area contributed by atoms with Crippen molar-refractivity contribution in [2.75, 3.05) is 12.4 Å². The summed E-state index contributed by atoms with van der Waals surface area (Å²) in [5.74, 6) is 1.44. The molecule has 0 amide bonds. The molecule has 0 saturated carbocycles. The molecular weight excluding hydrogens is 452 g/mol. The molecule has 186 valence electrons. The highest BCUT2D eigenvalue weighted by molar-refractivity contribution is 5.72.